The van der Waals surface area contributed by atoms with Crippen molar-refractivity contribution in [3.05, 3.63) is 53.6 Å². The molecule has 1 aromatic carbocycles. The predicted molar refractivity (Wildman–Crippen MR) is 86.9 cm³/mol. The summed E-state index contributed by atoms with van der Waals surface area (Å²) in [6.45, 7) is 0.295. The number of halogens is 4. The first kappa shape index (κ1) is 18.4. The van der Waals surface area contributed by atoms with Crippen LogP contribution in [0.15, 0.2) is 36.5 Å². The van der Waals surface area contributed by atoms with Crippen molar-refractivity contribution in [2.45, 2.75) is 44.4 Å². The molecule has 0 bridgehead atoms. The third-order valence-electron chi connectivity index (χ3n) is 4.63. The summed E-state index contributed by atoms with van der Waals surface area (Å²) in [7, 11) is 0. The van der Waals surface area contributed by atoms with Gasteiger partial charge in [-0.15, -0.1) is 0 Å². The maximum Gasteiger partial charge on any atom is 0.435 e. The van der Waals surface area contributed by atoms with E-state index in [4.69, 9.17) is 0 Å². The summed E-state index contributed by atoms with van der Waals surface area (Å²) in [5.74, 6) is -1.03. The molecule has 0 spiro atoms. The maximum absolute atomic E-state index is 14.0. The smallest absolute Gasteiger partial charge is 0.334 e. The Morgan fingerprint density at radius 1 is 1.19 bits per heavy atom. The number of aromatic nitrogens is 2. The lowest BCUT2D eigenvalue weighted by Crippen LogP contribution is -2.41. The molecular formula is C18H19F4N3O. The molecule has 1 saturated carbocycles. The molecule has 0 saturated heterocycles. The molecule has 0 radical (unpaired) electrons. The zero-order valence-corrected chi connectivity index (χ0v) is 14.0. The second kappa shape index (κ2) is 7.47. The minimum atomic E-state index is -4.50. The van der Waals surface area contributed by atoms with Gasteiger partial charge in [-0.2, -0.15) is 18.3 Å². The van der Waals surface area contributed by atoms with Crippen LogP contribution in [-0.2, 0) is 12.7 Å². The van der Waals surface area contributed by atoms with E-state index >= 15 is 0 Å². The topological polar surface area (TPSA) is 38.1 Å². The van der Waals surface area contributed by atoms with E-state index in [1.807, 2.05) is 0 Å². The zero-order chi connectivity index (χ0) is 18.7. The van der Waals surface area contributed by atoms with E-state index in [0.717, 1.165) is 31.7 Å². The van der Waals surface area contributed by atoms with Crippen LogP contribution in [0.5, 0.6) is 0 Å². The van der Waals surface area contributed by atoms with Crippen LogP contribution in [0.4, 0.5) is 17.6 Å². The maximum atomic E-state index is 14.0. The Labute approximate surface area is 148 Å². The number of benzene rings is 1. The molecule has 4 nitrogen and oxygen atoms in total. The molecule has 1 aromatic heterocycles. The van der Waals surface area contributed by atoms with Gasteiger partial charge in [-0.25, -0.2) is 4.39 Å². The number of amides is 1. The van der Waals surface area contributed by atoms with Crippen molar-refractivity contribution in [2.75, 3.05) is 6.54 Å². The summed E-state index contributed by atoms with van der Waals surface area (Å²) in [6.07, 6.45) is 0.320. The summed E-state index contributed by atoms with van der Waals surface area (Å²) in [4.78, 5) is 14.4. The van der Waals surface area contributed by atoms with E-state index in [9.17, 15) is 22.4 Å². The predicted octanol–water partition coefficient (Wildman–Crippen LogP) is 4.13. The number of nitrogens with zero attached hydrogens (tertiary/aromatic N) is 3. The van der Waals surface area contributed by atoms with Gasteiger partial charge in [-0.1, -0.05) is 25.0 Å². The van der Waals surface area contributed by atoms with Gasteiger partial charge in [0.05, 0.1) is 12.1 Å². The van der Waals surface area contributed by atoms with Crippen molar-refractivity contribution in [3.8, 4) is 0 Å². The third-order valence-corrected chi connectivity index (χ3v) is 4.63. The molecule has 26 heavy (non-hydrogen) atoms. The molecule has 3 rings (SSSR count). The van der Waals surface area contributed by atoms with Gasteiger partial charge in [0.2, 0.25) is 0 Å². The molecule has 0 atom stereocenters. The van der Waals surface area contributed by atoms with E-state index in [1.165, 1.54) is 29.1 Å². The Kier molecular flexibility index (Phi) is 5.29. The van der Waals surface area contributed by atoms with Crippen molar-refractivity contribution < 1.29 is 22.4 Å². The van der Waals surface area contributed by atoms with Crippen LogP contribution in [0, 0.1) is 5.82 Å². The van der Waals surface area contributed by atoms with E-state index in [2.05, 4.69) is 5.10 Å². The number of alkyl halides is 3. The standard InChI is InChI=1S/C18H19F4N3O/c19-15-8-4-3-7-14(15)17(26)25(13-5-1-2-6-13)12-11-24-10-9-16(23-24)18(20,21)22/h3-4,7-10,13H,1-2,5-6,11-12H2. The minimum Gasteiger partial charge on any atom is -0.334 e. The molecule has 1 aliphatic rings. The fraction of sp³-hybridized carbons (Fsp3) is 0.444. The first-order valence-corrected chi connectivity index (χ1v) is 8.52. The largest absolute Gasteiger partial charge is 0.435 e. The molecule has 1 heterocycles. The van der Waals surface area contributed by atoms with Crippen molar-refractivity contribution in [1.82, 2.24) is 14.7 Å². The second-order valence-corrected chi connectivity index (χ2v) is 6.38. The van der Waals surface area contributed by atoms with Crippen LogP contribution in [0.25, 0.3) is 0 Å². The monoisotopic (exact) mass is 369 g/mol. The average molecular weight is 369 g/mol. The highest BCUT2D eigenvalue weighted by molar-refractivity contribution is 5.94. The lowest BCUT2D eigenvalue weighted by molar-refractivity contribution is -0.141. The summed E-state index contributed by atoms with van der Waals surface area (Å²) in [6, 6.07) is 6.62. The van der Waals surface area contributed by atoms with Gasteiger partial charge in [-0.05, 0) is 31.0 Å². The second-order valence-electron chi connectivity index (χ2n) is 6.38. The van der Waals surface area contributed by atoms with E-state index < -0.39 is 23.6 Å². The zero-order valence-electron chi connectivity index (χ0n) is 14.0. The Morgan fingerprint density at radius 2 is 1.88 bits per heavy atom. The number of hydrogen-bond acceptors (Lipinski definition) is 2. The molecular weight excluding hydrogens is 350 g/mol. The highest BCUT2D eigenvalue weighted by atomic mass is 19.4. The molecule has 1 aliphatic carbocycles. The van der Waals surface area contributed by atoms with E-state index in [0.29, 0.717) is 0 Å². The van der Waals surface area contributed by atoms with Crippen LogP contribution in [0.3, 0.4) is 0 Å². The Bertz CT molecular complexity index is 766. The fourth-order valence-electron chi connectivity index (χ4n) is 3.30. The normalized spacial score (nSPS) is 15.4. The van der Waals surface area contributed by atoms with Crippen molar-refractivity contribution in [1.29, 1.82) is 0 Å². The molecule has 140 valence electrons. The third kappa shape index (κ3) is 4.05. The SMILES string of the molecule is O=C(c1ccccc1F)N(CCn1ccc(C(F)(F)F)n1)C1CCCC1. The van der Waals surface area contributed by atoms with E-state index in [-0.39, 0.29) is 24.7 Å². The minimum absolute atomic E-state index is 0.0177. The Morgan fingerprint density at radius 3 is 2.50 bits per heavy atom. The summed E-state index contributed by atoms with van der Waals surface area (Å²) < 4.78 is 53.1. The molecule has 1 fully saturated rings. The van der Waals surface area contributed by atoms with Crippen molar-refractivity contribution >= 4 is 5.91 Å². The molecule has 0 aliphatic heterocycles. The fourth-order valence-corrected chi connectivity index (χ4v) is 3.30. The first-order chi connectivity index (χ1) is 12.4. The highest BCUT2D eigenvalue weighted by Gasteiger charge is 2.34. The van der Waals surface area contributed by atoms with Crippen molar-refractivity contribution in [3.63, 3.8) is 0 Å². The average Bonchev–Trinajstić information content (AvgIpc) is 3.26. The lowest BCUT2D eigenvalue weighted by Gasteiger charge is -2.29. The highest BCUT2D eigenvalue weighted by Crippen LogP contribution is 2.28. The van der Waals surface area contributed by atoms with E-state index in [1.54, 1.807) is 11.0 Å². The number of carbonyl (C=O) groups is 1. The summed E-state index contributed by atoms with van der Waals surface area (Å²) in [5, 5.41) is 3.51. The first-order valence-electron chi connectivity index (χ1n) is 8.52. The molecule has 0 unspecified atom stereocenters. The van der Waals surface area contributed by atoms with Gasteiger partial charge in [0, 0.05) is 18.8 Å². The van der Waals surface area contributed by atoms with Crippen LogP contribution in [-0.4, -0.2) is 33.2 Å². The quantitative estimate of drug-likeness (QED) is 0.744. The molecule has 2 aromatic rings. The number of rotatable bonds is 5. The van der Waals surface area contributed by atoms with Crippen LogP contribution < -0.4 is 0 Å². The lowest BCUT2D eigenvalue weighted by atomic mass is 10.1. The number of hydrogen-bond donors (Lipinski definition) is 0. The van der Waals surface area contributed by atoms with Gasteiger partial charge in [0.1, 0.15) is 5.82 Å². The summed E-state index contributed by atoms with van der Waals surface area (Å²) >= 11 is 0. The number of carbonyl (C=O) groups excluding carboxylic acids is 1. The molecule has 1 amide bonds. The Hall–Kier alpha value is -2.38. The Balaban J connectivity index is 1.76. The van der Waals surface area contributed by atoms with Crippen LogP contribution in [0.1, 0.15) is 41.7 Å². The van der Waals surface area contributed by atoms with Gasteiger partial charge < -0.3 is 4.90 Å². The summed E-state index contributed by atoms with van der Waals surface area (Å²) in [5.41, 5.74) is -0.985. The van der Waals surface area contributed by atoms with Gasteiger partial charge in [0.15, 0.2) is 5.69 Å². The van der Waals surface area contributed by atoms with Gasteiger partial charge in [0.25, 0.3) is 5.91 Å². The van der Waals surface area contributed by atoms with Gasteiger partial charge >= 0.3 is 6.18 Å². The van der Waals surface area contributed by atoms with Crippen molar-refractivity contribution in [2.24, 2.45) is 0 Å². The van der Waals surface area contributed by atoms with Crippen LogP contribution in [0.2, 0.25) is 0 Å². The molecule has 8 heteroatoms. The van der Waals surface area contributed by atoms with Crippen LogP contribution >= 0.6 is 0 Å². The molecule has 0 N–H and O–H groups in total. The van der Waals surface area contributed by atoms with Gasteiger partial charge in [-0.3, -0.25) is 9.48 Å².